The number of likely N-dealkylation sites (N-methyl/N-ethyl adjacent to an activating group) is 1. The zero-order valence-electron chi connectivity index (χ0n) is 11.1. The van der Waals surface area contributed by atoms with Crippen LogP contribution in [0.4, 0.5) is 5.82 Å². The van der Waals surface area contributed by atoms with Crippen LogP contribution in [0, 0.1) is 0 Å². The van der Waals surface area contributed by atoms with Gasteiger partial charge in [0.2, 0.25) is 11.7 Å². The third kappa shape index (κ3) is 2.58. The molecule has 0 aliphatic carbocycles. The van der Waals surface area contributed by atoms with Gasteiger partial charge in [0.1, 0.15) is 6.04 Å². The Balaban J connectivity index is 3.10. The third-order valence-corrected chi connectivity index (χ3v) is 2.49. The Morgan fingerprint density at radius 2 is 1.89 bits per heavy atom. The smallest absolute Gasteiger partial charge is 0.346 e. The van der Waals surface area contributed by atoms with Crippen molar-refractivity contribution in [3.05, 3.63) is 20.8 Å². The largest absolute Gasteiger partial charge is 0.353 e. The average molecular weight is 255 g/mol. The van der Waals surface area contributed by atoms with E-state index in [1.807, 2.05) is 0 Å². The zero-order valence-corrected chi connectivity index (χ0v) is 11.1. The van der Waals surface area contributed by atoms with Crippen LogP contribution in [0.15, 0.2) is 9.59 Å². The first kappa shape index (κ1) is 13.9. The average Bonchev–Trinajstić information content (AvgIpc) is 2.32. The molecule has 0 saturated carbocycles. The molecule has 1 amide bonds. The Morgan fingerprint density at radius 3 is 2.39 bits per heavy atom. The summed E-state index contributed by atoms with van der Waals surface area (Å²) in [4.78, 5) is 36.3. The fraction of sp³-hybridized carbons (Fsp3) is 0.600. The molecule has 1 aromatic rings. The van der Waals surface area contributed by atoms with E-state index in [1.54, 1.807) is 21.0 Å². The summed E-state index contributed by atoms with van der Waals surface area (Å²) in [6.45, 7) is 1.62. The molecule has 1 heterocycles. The maximum Gasteiger partial charge on any atom is 0.346 e. The standard InChI is InChI=1S/C10H17N5O3/c1-6(8(16)13(2)3)11-7-9(17)14(4)10(18)15(5)12-7/h6H,1-5H3,(H,11,12). The lowest BCUT2D eigenvalue weighted by molar-refractivity contribution is -0.129. The number of carbonyl (C=O) groups is 1. The van der Waals surface area contributed by atoms with Gasteiger partial charge in [-0.05, 0) is 6.92 Å². The van der Waals surface area contributed by atoms with E-state index in [9.17, 15) is 14.4 Å². The molecule has 1 atom stereocenters. The van der Waals surface area contributed by atoms with E-state index in [0.29, 0.717) is 0 Å². The van der Waals surface area contributed by atoms with Gasteiger partial charge >= 0.3 is 5.69 Å². The zero-order chi connectivity index (χ0) is 14.0. The summed E-state index contributed by atoms with van der Waals surface area (Å²) in [5, 5.41) is 6.51. The highest BCUT2D eigenvalue weighted by Gasteiger charge is 2.18. The van der Waals surface area contributed by atoms with E-state index in [0.717, 1.165) is 9.25 Å². The molecule has 1 aromatic heterocycles. The number of carbonyl (C=O) groups excluding carboxylic acids is 1. The molecule has 8 nitrogen and oxygen atoms in total. The first-order chi connectivity index (χ1) is 8.25. The number of anilines is 1. The van der Waals surface area contributed by atoms with Crippen molar-refractivity contribution in [2.75, 3.05) is 19.4 Å². The number of nitrogens with zero attached hydrogens (tertiary/aromatic N) is 4. The molecule has 1 N–H and O–H groups in total. The van der Waals surface area contributed by atoms with Crippen LogP contribution in [-0.2, 0) is 18.9 Å². The Labute approximate surface area is 104 Å². The van der Waals surface area contributed by atoms with E-state index in [1.165, 1.54) is 19.0 Å². The SMILES string of the molecule is CC(Nc1nn(C)c(=O)n(C)c1=O)C(=O)N(C)C. The van der Waals surface area contributed by atoms with Crippen LogP contribution in [0.2, 0.25) is 0 Å². The Hall–Kier alpha value is -2.12. The maximum atomic E-state index is 11.8. The van der Waals surface area contributed by atoms with Gasteiger partial charge in [-0.15, -0.1) is 5.10 Å². The predicted octanol–water partition coefficient (Wildman–Crippen LogP) is -1.63. The van der Waals surface area contributed by atoms with Crippen molar-refractivity contribution in [2.45, 2.75) is 13.0 Å². The fourth-order valence-electron chi connectivity index (χ4n) is 1.44. The summed E-state index contributed by atoms with van der Waals surface area (Å²) in [5.41, 5.74) is -1.08. The molecule has 1 unspecified atom stereocenters. The van der Waals surface area contributed by atoms with Gasteiger partial charge in [0.25, 0.3) is 5.56 Å². The molecule has 1 rings (SSSR count). The first-order valence-corrected chi connectivity index (χ1v) is 5.37. The molecule has 0 bridgehead atoms. The second-order valence-electron chi connectivity index (χ2n) is 4.22. The molecule has 0 fully saturated rings. The molecular weight excluding hydrogens is 238 g/mol. The number of aromatic nitrogens is 3. The number of hydrogen-bond donors (Lipinski definition) is 1. The number of nitrogens with one attached hydrogen (secondary N) is 1. The van der Waals surface area contributed by atoms with Crippen molar-refractivity contribution in [3.63, 3.8) is 0 Å². The van der Waals surface area contributed by atoms with E-state index in [4.69, 9.17) is 0 Å². The molecule has 0 aromatic carbocycles. The van der Waals surface area contributed by atoms with E-state index in [-0.39, 0.29) is 11.7 Å². The third-order valence-electron chi connectivity index (χ3n) is 2.49. The molecule has 0 aliphatic heterocycles. The summed E-state index contributed by atoms with van der Waals surface area (Å²) >= 11 is 0. The van der Waals surface area contributed by atoms with E-state index in [2.05, 4.69) is 10.4 Å². The Morgan fingerprint density at radius 1 is 1.33 bits per heavy atom. The van der Waals surface area contributed by atoms with Crippen molar-refractivity contribution >= 4 is 11.7 Å². The van der Waals surface area contributed by atoms with Gasteiger partial charge in [0, 0.05) is 28.2 Å². The van der Waals surface area contributed by atoms with Crippen LogP contribution in [0.1, 0.15) is 6.92 Å². The highest BCUT2D eigenvalue weighted by Crippen LogP contribution is 1.97. The van der Waals surface area contributed by atoms with Gasteiger partial charge in [0.05, 0.1) is 0 Å². The summed E-state index contributed by atoms with van der Waals surface area (Å²) in [7, 11) is 6.03. The van der Waals surface area contributed by atoms with Crippen molar-refractivity contribution in [3.8, 4) is 0 Å². The molecular formula is C10H17N5O3. The van der Waals surface area contributed by atoms with Crippen LogP contribution in [0.25, 0.3) is 0 Å². The maximum absolute atomic E-state index is 11.8. The topological polar surface area (TPSA) is 89.2 Å². The van der Waals surface area contributed by atoms with E-state index >= 15 is 0 Å². The summed E-state index contributed by atoms with van der Waals surface area (Å²) < 4.78 is 1.97. The van der Waals surface area contributed by atoms with Gasteiger partial charge in [-0.1, -0.05) is 0 Å². The lowest BCUT2D eigenvalue weighted by atomic mass is 10.3. The van der Waals surface area contributed by atoms with Gasteiger partial charge in [-0.3, -0.25) is 14.2 Å². The lowest BCUT2D eigenvalue weighted by Crippen LogP contribution is -2.43. The predicted molar refractivity (Wildman–Crippen MR) is 66.5 cm³/mol. The van der Waals surface area contributed by atoms with Gasteiger partial charge in [-0.25, -0.2) is 9.48 Å². The van der Waals surface area contributed by atoms with E-state index < -0.39 is 17.3 Å². The highest BCUT2D eigenvalue weighted by atomic mass is 16.2. The molecule has 100 valence electrons. The van der Waals surface area contributed by atoms with Gasteiger partial charge in [-0.2, -0.15) is 0 Å². The van der Waals surface area contributed by atoms with Crippen molar-refractivity contribution < 1.29 is 4.79 Å². The summed E-state index contributed by atoms with van der Waals surface area (Å²) in [5.74, 6) is -0.213. The normalized spacial score (nSPS) is 12.1. The van der Waals surface area contributed by atoms with Gasteiger partial charge < -0.3 is 10.2 Å². The molecule has 0 saturated heterocycles. The first-order valence-electron chi connectivity index (χ1n) is 5.37. The highest BCUT2D eigenvalue weighted by molar-refractivity contribution is 5.83. The molecule has 8 heteroatoms. The lowest BCUT2D eigenvalue weighted by Gasteiger charge is -2.18. The van der Waals surface area contributed by atoms with Crippen LogP contribution in [0.3, 0.4) is 0 Å². The summed E-state index contributed by atoms with van der Waals surface area (Å²) in [6.07, 6.45) is 0. The van der Waals surface area contributed by atoms with Crippen molar-refractivity contribution in [2.24, 2.45) is 14.1 Å². The monoisotopic (exact) mass is 255 g/mol. The van der Waals surface area contributed by atoms with Gasteiger partial charge in [0.15, 0.2) is 0 Å². The second-order valence-corrected chi connectivity index (χ2v) is 4.22. The molecule has 0 spiro atoms. The van der Waals surface area contributed by atoms with Crippen molar-refractivity contribution in [1.29, 1.82) is 0 Å². The summed E-state index contributed by atoms with van der Waals surface area (Å²) in [6, 6.07) is -0.599. The Kier molecular flexibility index (Phi) is 3.89. The van der Waals surface area contributed by atoms with Crippen LogP contribution < -0.4 is 16.6 Å². The minimum Gasteiger partial charge on any atom is -0.353 e. The number of hydrogen-bond acceptors (Lipinski definition) is 5. The van der Waals surface area contributed by atoms with Crippen LogP contribution in [0.5, 0.6) is 0 Å². The second kappa shape index (κ2) is 5.03. The molecule has 18 heavy (non-hydrogen) atoms. The van der Waals surface area contributed by atoms with Crippen LogP contribution in [-0.4, -0.2) is 45.3 Å². The quantitative estimate of drug-likeness (QED) is 0.700. The molecule has 0 radical (unpaired) electrons. The minimum absolute atomic E-state index is 0.0256. The van der Waals surface area contributed by atoms with Crippen molar-refractivity contribution in [1.82, 2.24) is 19.2 Å². The minimum atomic E-state index is -0.599. The number of amides is 1. The fourth-order valence-corrected chi connectivity index (χ4v) is 1.44. The number of aryl methyl sites for hydroxylation is 1. The number of rotatable bonds is 3. The molecule has 0 aliphatic rings. The Bertz CT molecular complexity index is 572. The van der Waals surface area contributed by atoms with Crippen LogP contribution >= 0.6 is 0 Å².